The van der Waals surface area contributed by atoms with Gasteiger partial charge in [0.1, 0.15) is 0 Å². The fourth-order valence-electron chi connectivity index (χ4n) is 1.72. The van der Waals surface area contributed by atoms with Gasteiger partial charge in [0.2, 0.25) is 0 Å². The molecule has 0 aliphatic rings. The number of aromatic nitrogens is 2. The number of nitrogens with one attached hydrogen (secondary N) is 1. The topological polar surface area (TPSA) is 43.0 Å². The summed E-state index contributed by atoms with van der Waals surface area (Å²) in [6, 6.07) is 2.27. The number of furan rings is 1. The molecule has 0 saturated heterocycles. The lowest BCUT2D eigenvalue weighted by atomic mass is 10.1. The van der Waals surface area contributed by atoms with Crippen molar-refractivity contribution in [1.29, 1.82) is 0 Å². The summed E-state index contributed by atoms with van der Waals surface area (Å²) in [6.45, 7) is 4.97. The maximum Gasteiger partial charge on any atom is 0.0950 e. The SMILES string of the molecule is Cc1nn(C)cc1CNC(C)c1ccoc1. The van der Waals surface area contributed by atoms with Gasteiger partial charge in [-0.2, -0.15) is 5.10 Å². The van der Waals surface area contributed by atoms with Gasteiger partial charge in [-0.3, -0.25) is 4.68 Å². The molecule has 0 fully saturated rings. The van der Waals surface area contributed by atoms with Crippen LogP contribution in [0.3, 0.4) is 0 Å². The molecule has 2 rings (SSSR count). The summed E-state index contributed by atoms with van der Waals surface area (Å²) in [5, 5.41) is 7.75. The average Bonchev–Trinajstić information content (AvgIpc) is 2.84. The molecule has 0 bridgehead atoms. The first kappa shape index (κ1) is 11.0. The van der Waals surface area contributed by atoms with Gasteiger partial charge < -0.3 is 9.73 Å². The summed E-state index contributed by atoms with van der Waals surface area (Å²) >= 11 is 0. The minimum Gasteiger partial charge on any atom is -0.472 e. The highest BCUT2D eigenvalue weighted by Crippen LogP contribution is 2.13. The van der Waals surface area contributed by atoms with Crippen LogP contribution >= 0.6 is 0 Å². The number of rotatable bonds is 4. The van der Waals surface area contributed by atoms with Crippen LogP contribution in [0.15, 0.2) is 29.2 Å². The van der Waals surface area contributed by atoms with Crippen LogP contribution < -0.4 is 5.32 Å². The van der Waals surface area contributed by atoms with E-state index >= 15 is 0 Å². The maximum absolute atomic E-state index is 5.06. The van der Waals surface area contributed by atoms with Crippen LogP contribution in [0.1, 0.15) is 29.8 Å². The summed E-state index contributed by atoms with van der Waals surface area (Å²) in [7, 11) is 1.94. The van der Waals surface area contributed by atoms with Crippen LogP contribution in [0.4, 0.5) is 0 Å². The fourth-order valence-corrected chi connectivity index (χ4v) is 1.72. The second kappa shape index (κ2) is 4.53. The Labute approximate surface area is 95.3 Å². The van der Waals surface area contributed by atoms with Crippen molar-refractivity contribution in [3.63, 3.8) is 0 Å². The van der Waals surface area contributed by atoms with E-state index in [0.29, 0.717) is 6.04 Å². The Kier molecular flexibility index (Phi) is 3.10. The highest BCUT2D eigenvalue weighted by Gasteiger charge is 2.08. The van der Waals surface area contributed by atoms with Crippen molar-refractivity contribution >= 4 is 0 Å². The third kappa shape index (κ3) is 2.33. The first-order valence-electron chi connectivity index (χ1n) is 5.41. The van der Waals surface area contributed by atoms with Gasteiger partial charge in [-0.1, -0.05) is 0 Å². The fraction of sp³-hybridized carbons (Fsp3) is 0.417. The predicted molar refractivity (Wildman–Crippen MR) is 61.9 cm³/mol. The van der Waals surface area contributed by atoms with Crippen LogP contribution in [0.5, 0.6) is 0 Å². The Hall–Kier alpha value is -1.55. The molecule has 2 aromatic heterocycles. The van der Waals surface area contributed by atoms with Crippen molar-refractivity contribution in [2.45, 2.75) is 26.4 Å². The zero-order chi connectivity index (χ0) is 11.5. The third-order valence-corrected chi connectivity index (χ3v) is 2.76. The van der Waals surface area contributed by atoms with Gasteiger partial charge in [0.25, 0.3) is 0 Å². The Bertz CT molecular complexity index is 445. The molecule has 0 aliphatic carbocycles. The molecule has 4 heteroatoms. The highest BCUT2D eigenvalue weighted by atomic mass is 16.3. The minimum absolute atomic E-state index is 0.290. The molecule has 0 aliphatic heterocycles. The summed E-state index contributed by atoms with van der Waals surface area (Å²) < 4.78 is 6.90. The van der Waals surface area contributed by atoms with E-state index in [4.69, 9.17) is 4.42 Å². The van der Waals surface area contributed by atoms with E-state index in [9.17, 15) is 0 Å². The minimum atomic E-state index is 0.290. The van der Waals surface area contributed by atoms with Crippen molar-refractivity contribution in [2.75, 3.05) is 0 Å². The van der Waals surface area contributed by atoms with Gasteiger partial charge in [0, 0.05) is 37.0 Å². The van der Waals surface area contributed by atoms with Gasteiger partial charge in [-0.15, -0.1) is 0 Å². The van der Waals surface area contributed by atoms with E-state index in [-0.39, 0.29) is 0 Å². The molecular weight excluding hydrogens is 202 g/mol. The van der Waals surface area contributed by atoms with Gasteiger partial charge in [0.05, 0.1) is 18.2 Å². The normalized spacial score (nSPS) is 12.9. The van der Waals surface area contributed by atoms with Gasteiger partial charge in [-0.25, -0.2) is 0 Å². The second-order valence-electron chi connectivity index (χ2n) is 4.07. The Morgan fingerprint density at radius 3 is 2.94 bits per heavy atom. The molecule has 1 N–H and O–H groups in total. The van der Waals surface area contributed by atoms with E-state index in [1.165, 1.54) is 11.1 Å². The first-order valence-corrected chi connectivity index (χ1v) is 5.41. The zero-order valence-electron chi connectivity index (χ0n) is 9.90. The molecule has 0 amide bonds. The Morgan fingerprint density at radius 2 is 2.38 bits per heavy atom. The summed E-state index contributed by atoms with van der Waals surface area (Å²) in [5.74, 6) is 0. The van der Waals surface area contributed by atoms with Gasteiger partial charge in [0.15, 0.2) is 0 Å². The molecule has 0 radical (unpaired) electrons. The van der Waals surface area contributed by atoms with Crippen molar-refractivity contribution in [2.24, 2.45) is 7.05 Å². The largest absolute Gasteiger partial charge is 0.472 e. The molecular formula is C12H17N3O. The molecule has 0 spiro atoms. The standard InChI is InChI=1S/C12H17N3O/c1-9(11-4-5-16-8-11)13-6-12-7-15(3)14-10(12)2/h4-5,7-9,13H,6H2,1-3H3. The smallest absolute Gasteiger partial charge is 0.0950 e. The molecule has 0 aromatic carbocycles. The molecule has 1 atom stereocenters. The van der Waals surface area contributed by atoms with Crippen LogP contribution in [0, 0.1) is 6.92 Å². The summed E-state index contributed by atoms with van der Waals surface area (Å²) in [4.78, 5) is 0. The molecule has 16 heavy (non-hydrogen) atoms. The molecule has 0 saturated carbocycles. The number of nitrogens with zero attached hydrogens (tertiary/aromatic N) is 2. The Balaban J connectivity index is 1.95. The van der Waals surface area contributed by atoms with Crippen LogP contribution in [0.25, 0.3) is 0 Å². The van der Waals surface area contributed by atoms with Crippen LogP contribution in [-0.2, 0) is 13.6 Å². The monoisotopic (exact) mass is 219 g/mol. The van der Waals surface area contributed by atoms with E-state index in [2.05, 4.69) is 17.3 Å². The van der Waals surface area contributed by atoms with E-state index < -0.39 is 0 Å². The van der Waals surface area contributed by atoms with Crippen molar-refractivity contribution in [1.82, 2.24) is 15.1 Å². The quantitative estimate of drug-likeness (QED) is 0.857. The van der Waals surface area contributed by atoms with Gasteiger partial charge >= 0.3 is 0 Å². The lowest BCUT2D eigenvalue weighted by molar-refractivity contribution is 0.538. The van der Waals surface area contributed by atoms with Crippen molar-refractivity contribution in [3.8, 4) is 0 Å². The number of aryl methyl sites for hydroxylation is 2. The zero-order valence-corrected chi connectivity index (χ0v) is 9.90. The molecule has 1 unspecified atom stereocenters. The van der Waals surface area contributed by atoms with Crippen molar-refractivity contribution in [3.05, 3.63) is 41.6 Å². The van der Waals surface area contributed by atoms with Crippen LogP contribution in [-0.4, -0.2) is 9.78 Å². The lowest BCUT2D eigenvalue weighted by Gasteiger charge is -2.10. The second-order valence-corrected chi connectivity index (χ2v) is 4.07. The molecule has 2 heterocycles. The van der Waals surface area contributed by atoms with E-state index in [1.807, 2.05) is 30.9 Å². The molecule has 4 nitrogen and oxygen atoms in total. The number of hydrogen-bond acceptors (Lipinski definition) is 3. The number of hydrogen-bond donors (Lipinski definition) is 1. The average molecular weight is 219 g/mol. The third-order valence-electron chi connectivity index (χ3n) is 2.76. The summed E-state index contributed by atoms with van der Waals surface area (Å²) in [5.41, 5.74) is 3.48. The first-order chi connectivity index (χ1) is 7.66. The van der Waals surface area contributed by atoms with E-state index in [1.54, 1.807) is 12.5 Å². The predicted octanol–water partition coefficient (Wildman–Crippen LogP) is 2.17. The lowest BCUT2D eigenvalue weighted by Crippen LogP contribution is -2.17. The Morgan fingerprint density at radius 1 is 1.56 bits per heavy atom. The maximum atomic E-state index is 5.06. The highest BCUT2D eigenvalue weighted by molar-refractivity contribution is 5.16. The summed E-state index contributed by atoms with van der Waals surface area (Å²) in [6.07, 6.45) is 5.51. The molecule has 86 valence electrons. The van der Waals surface area contributed by atoms with E-state index in [0.717, 1.165) is 12.2 Å². The van der Waals surface area contributed by atoms with Gasteiger partial charge in [-0.05, 0) is 19.9 Å². The van der Waals surface area contributed by atoms with Crippen LogP contribution in [0.2, 0.25) is 0 Å². The molecule has 2 aromatic rings. The van der Waals surface area contributed by atoms with Crippen molar-refractivity contribution < 1.29 is 4.42 Å².